The zero-order valence-corrected chi connectivity index (χ0v) is 20.2. The molecule has 0 fully saturated rings. The largest absolute Gasteiger partial charge is 0.497 e. The molecule has 6 nitrogen and oxygen atoms in total. The minimum absolute atomic E-state index is 0. The Morgan fingerprint density at radius 2 is 1.83 bits per heavy atom. The highest BCUT2D eigenvalue weighted by molar-refractivity contribution is 14.0. The summed E-state index contributed by atoms with van der Waals surface area (Å²) in [5.41, 5.74) is 1.09. The lowest BCUT2D eigenvalue weighted by Gasteiger charge is -2.18. The van der Waals surface area contributed by atoms with Crippen LogP contribution in [0.5, 0.6) is 11.5 Å². The van der Waals surface area contributed by atoms with Gasteiger partial charge in [-0.2, -0.15) is 0 Å². The molecule has 160 valence electrons. The van der Waals surface area contributed by atoms with Crippen LogP contribution in [0.15, 0.2) is 59.6 Å². The second-order valence-corrected chi connectivity index (χ2v) is 7.84. The highest BCUT2D eigenvalue weighted by Crippen LogP contribution is 2.19. The third-order valence-electron chi connectivity index (χ3n) is 3.95. The Morgan fingerprint density at radius 3 is 2.52 bits per heavy atom. The molecule has 0 amide bonds. The number of rotatable bonds is 10. The van der Waals surface area contributed by atoms with Crippen molar-refractivity contribution in [1.82, 2.24) is 10.6 Å². The highest BCUT2D eigenvalue weighted by Gasteiger charge is 2.07. The SMILES string of the molecule is CN=C(NCCS(=O)Cc1ccccc1)NCC(C)Oc1cccc(OC)c1.I. The molecule has 0 saturated carbocycles. The molecular formula is C21H30IN3O3S. The fourth-order valence-electron chi connectivity index (χ4n) is 2.53. The van der Waals surface area contributed by atoms with E-state index in [0.29, 0.717) is 30.6 Å². The molecule has 0 aliphatic carbocycles. The second-order valence-electron chi connectivity index (χ2n) is 6.26. The van der Waals surface area contributed by atoms with E-state index >= 15 is 0 Å². The minimum atomic E-state index is -0.914. The predicted octanol–water partition coefficient (Wildman–Crippen LogP) is 3.19. The molecule has 0 saturated heterocycles. The average Bonchev–Trinajstić information content (AvgIpc) is 2.71. The van der Waals surface area contributed by atoms with E-state index in [2.05, 4.69) is 15.6 Å². The van der Waals surface area contributed by atoms with Crippen LogP contribution in [0.2, 0.25) is 0 Å². The van der Waals surface area contributed by atoms with Crippen LogP contribution in [0.1, 0.15) is 12.5 Å². The maximum absolute atomic E-state index is 12.2. The van der Waals surface area contributed by atoms with E-state index in [0.717, 1.165) is 17.1 Å². The van der Waals surface area contributed by atoms with Gasteiger partial charge in [-0.15, -0.1) is 24.0 Å². The Hall–Kier alpha value is -1.81. The van der Waals surface area contributed by atoms with Crippen molar-refractivity contribution in [3.8, 4) is 11.5 Å². The zero-order valence-electron chi connectivity index (χ0n) is 17.1. The molecule has 0 aliphatic rings. The van der Waals surface area contributed by atoms with Gasteiger partial charge in [-0.05, 0) is 24.6 Å². The summed E-state index contributed by atoms with van der Waals surface area (Å²) in [5, 5.41) is 6.42. The number of methoxy groups -OCH3 is 1. The van der Waals surface area contributed by atoms with Gasteiger partial charge in [-0.3, -0.25) is 9.20 Å². The third kappa shape index (κ3) is 9.98. The van der Waals surface area contributed by atoms with Crippen molar-refractivity contribution in [3.05, 3.63) is 60.2 Å². The van der Waals surface area contributed by atoms with Gasteiger partial charge in [0.25, 0.3) is 0 Å². The van der Waals surface area contributed by atoms with Crippen LogP contribution < -0.4 is 20.1 Å². The number of benzene rings is 2. The highest BCUT2D eigenvalue weighted by atomic mass is 127. The molecule has 2 aromatic rings. The Kier molecular flexibility index (Phi) is 12.4. The predicted molar refractivity (Wildman–Crippen MR) is 131 cm³/mol. The number of nitrogens with one attached hydrogen (secondary N) is 2. The first kappa shape index (κ1) is 25.2. The Labute approximate surface area is 193 Å². The molecule has 2 rings (SSSR count). The topological polar surface area (TPSA) is 72.0 Å². The van der Waals surface area contributed by atoms with Crippen LogP contribution in [0.3, 0.4) is 0 Å². The van der Waals surface area contributed by atoms with Crippen LogP contribution in [-0.4, -0.2) is 49.3 Å². The van der Waals surface area contributed by atoms with E-state index in [-0.39, 0.29) is 30.1 Å². The number of hydrogen-bond donors (Lipinski definition) is 2. The summed E-state index contributed by atoms with van der Waals surface area (Å²) in [6.45, 7) is 3.16. The van der Waals surface area contributed by atoms with Crippen molar-refractivity contribution < 1.29 is 13.7 Å². The van der Waals surface area contributed by atoms with E-state index < -0.39 is 10.8 Å². The van der Waals surface area contributed by atoms with Gasteiger partial charge in [0, 0.05) is 42.0 Å². The molecule has 0 bridgehead atoms. The fourth-order valence-corrected chi connectivity index (χ4v) is 3.56. The van der Waals surface area contributed by atoms with Gasteiger partial charge in [-0.25, -0.2) is 0 Å². The maximum atomic E-state index is 12.2. The van der Waals surface area contributed by atoms with Crippen molar-refractivity contribution in [2.24, 2.45) is 4.99 Å². The van der Waals surface area contributed by atoms with Gasteiger partial charge in [0.05, 0.1) is 13.7 Å². The molecule has 29 heavy (non-hydrogen) atoms. The quantitative estimate of drug-likeness (QED) is 0.280. The molecule has 0 aliphatic heterocycles. The molecule has 8 heteroatoms. The standard InChI is InChI=1S/C21H29N3O3S.HI/c1-17(27-20-11-7-10-19(14-20)26-3)15-24-21(22-2)23-12-13-28(25)16-18-8-5-4-6-9-18;/h4-11,14,17H,12-13,15-16H2,1-3H3,(H2,22,23,24);1H. The molecule has 0 heterocycles. The van der Waals surface area contributed by atoms with Gasteiger partial charge >= 0.3 is 0 Å². The molecular weight excluding hydrogens is 501 g/mol. The zero-order chi connectivity index (χ0) is 20.2. The van der Waals surface area contributed by atoms with E-state index in [1.165, 1.54) is 0 Å². The van der Waals surface area contributed by atoms with E-state index in [1.807, 2.05) is 61.5 Å². The van der Waals surface area contributed by atoms with Gasteiger partial charge in [-0.1, -0.05) is 36.4 Å². The van der Waals surface area contributed by atoms with Crippen LogP contribution in [-0.2, 0) is 16.6 Å². The van der Waals surface area contributed by atoms with Gasteiger partial charge < -0.3 is 20.1 Å². The first-order chi connectivity index (χ1) is 13.6. The van der Waals surface area contributed by atoms with E-state index in [4.69, 9.17) is 9.47 Å². The molecule has 2 aromatic carbocycles. The smallest absolute Gasteiger partial charge is 0.191 e. The van der Waals surface area contributed by atoms with E-state index in [9.17, 15) is 4.21 Å². The summed E-state index contributed by atoms with van der Waals surface area (Å²) in [6, 6.07) is 17.4. The lowest BCUT2D eigenvalue weighted by molar-refractivity contribution is 0.223. The summed E-state index contributed by atoms with van der Waals surface area (Å²) in [5.74, 6) is 3.31. The van der Waals surface area contributed by atoms with Crippen molar-refractivity contribution in [2.75, 3.05) is 33.0 Å². The molecule has 0 spiro atoms. The minimum Gasteiger partial charge on any atom is -0.497 e. The van der Waals surface area contributed by atoms with E-state index in [1.54, 1.807) is 14.2 Å². The Bertz CT molecular complexity index is 775. The molecule has 2 unspecified atom stereocenters. The molecule has 0 aromatic heterocycles. The normalized spacial score (nSPS) is 13.0. The van der Waals surface area contributed by atoms with Crippen molar-refractivity contribution in [2.45, 2.75) is 18.8 Å². The van der Waals surface area contributed by atoms with Crippen LogP contribution in [0.4, 0.5) is 0 Å². The average molecular weight is 531 g/mol. The van der Waals surface area contributed by atoms with Crippen molar-refractivity contribution in [1.29, 1.82) is 0 Å². The number of aliphatic imine (C=N–C) groups is 1. The number of hydrogen-bond acceptors (Lipinski definition) is 4. The fraction of sp³-hybridized carbons (Fsp3) is 0.381. The Morgan fingerprint density at radius 1 is 1.10 bits per heavy atom. The van der Waals surface area contributed by atoms with Crippen molar-refractivity contribution in [3.63, 3.8) is 0 Å². The summed E-state index contributed by atoms with van der Waals surface area (Å²) >= 11 is 0. The van der Waals surface area contributed by atoms with Crippen LogP contribution in [0.25, 0.3) is 0 Å². The van der Waals surface area contributed by atoms with Crippen LogP contribution >= 0.6 is 24.0 Å². The summed E-state index contributed by atoms with van der Waals surface area (Å²) in [4.78, 5) is 4.20. The summed E-state index contributed by atoms with van der Waals surface area (Å²) < 4.78 is 23.3. The summed E-state index contributed by atoms with van der Waals surface area (Å²) in [7, 11) is 2.43. The second kappa shape index (κ2) is 14.2. The molecule has 2 N–H and O–H groups in total. The monoisotopic (exact) mass is 531 g/mol. The number of ether oxygens (including phenoxy) is 2. The maximum Gasteiger partial charge on any atom is 0.191 e. The van der Waals surface area contributed by atoms with Crippen LogP contribution in [0, 0.1) is 0 Å². The number of guanidine groups is 1. The van der Waals surface area contributed by atoms with Gasteiger partial charge in [0.2, 0.25) is 0 Å². The lowest BCUT2D eigenvalue weighted by atomic mass is 10.2. The number of halogens is 1. The Balaban J connectivity index is 0.00000420. The van der Waals surface area contributed by atoms with Gasteiger partial charge in [0.1, 0.15) is 17.6 Å². The molecule has 0 radical (unpaired) electrons. The first-order valence-electron chi connectivity index (χ1n) is 9.25. The lowest BCUT2D eigenvalue weighted by Crippen LogP contribution is -2.43. The molecule has 2 atom stereocenters. The first-order valence-corrected chi connectivity index (χ1v) is 10.7. The van der Waals surface area contributed by atoms with Gasteiger partial charge in [0.15, 0.2) is 5.96 Å². The summed E-state index contributed by atoms with van der Waals surface area (Å²) in [6.07, 6.45) is -0.0575. The van der Waals surface area contributed by atoms with Crippen molar-refractivity contribution >= 4 is 40.7 Å². The third-order valence-corrected chi connectivity index (χ3v) is 5.27. The number of nitrogens with zero attached hydrogens (tertiary/aromatic N) is 1.